The number of rotatable bonds is 2. The molecule has 0 aliphatic carbocycles. The van der Waals surface area contributed by atoms with Crippen LogP contribution in [0.3, 0.4) is 0 Å². The fourth-order valence-corrected chi connectivity index (χ4v) is 2.56. The molecule has 1 N–H and O–H groups in total. The molecule has 1 unspecified atom stereocenters. The van der Waals surface area contributed by atoms with Crippen molar-refractivity contribution in [3.8, 4) is 0 Å². The molecule has 0 saturated carbocycles. The molecule has 0 radical (unpaired) electrons. The predicted molar refractivity (Wildman–Crippen MR) is 66.0 cm³/mol. The number of hydrogen-bond donors (Lipinski definition) is 1. The number of pyridine rings is 1. The Morgan fingerprint density at radius 2 is 2.41 bits per heavy atom. The average Bonchev–Trinajstić information content (AvgIpc) is 2.94. The van der Waals surface area contributed by atoms with Gasteiger partial charge in [-0.05, 0) is 31.5 Å². The van der Waals surface area contributed by atoms with Crippen LogP contribution in [-0.4, -0.2) is 27.2 Å². The molecule has 0 spiro atoms. The molecule has 3 heterocycles. The van der Waals surface area contributed by atoms with E-state index in [-0.39, 0.29) is 5.69 Å². The zero-order valence-corrected chi connectivity index (χ0v) is 9.89. The first-order valence-corrected chi connectivity index (χ1v) is 5.97. The van der Waals surface area contributed by atoms with E-state index in [2.05, 4.69) is 10.3 Å². The van der Waals surface area contributed by atoms with E-state index in [9.17, 15) is 4.79 Å². The quantitative estimate of drug-likeness (QED) is 0.812. The van der Waals surface area contributed by atoms with Crippen molar-refractivity contribution in [2.24, 2.45) is 13.0 Å². The molecule has 1 atom stereocenters. The monoisotopic (exact) mass is 232 g/mol. The molecule has 5 heteroatoms. The van der Waals surface area contributed by atoms with E-state index in [0.717, 1.165) is 37.1 Å². The summed E-state index contributed by atoms with van der Waals surface area (Å²) in [7, 11) is 1.80. The first-order chi connectivity index (χ1) is 8.27. The number of aryl methyl sites for hydroxylation is 1. The van der Waals surface area contributed by atoms with E-state index in [0.29, 0.717) is 5.92 Å². The fourth-order valence-electron chi connectivity index (χ4n) is 2.56. The lowest BCUT2D eigenvalue weighted by Crippen LogP contribution is -2.26. The van der Waals surface area contributed by atoms with E-state index in [4.69, 9.17) is 0 Å². The van der Waals surface area contributed by atoms with Gasteiger partial charge in [-0.3, -0.25) is 14.1 Å². The van der Waals surface area contributed by atoms with Gasteiger partial charge in [-0.25, -0.2) is 4.79 Å². The summed E-state index contributed by atoms with van der Waals surface area (Å²) in [5, 5.41) is 3.33. The maximum absolute atomic E-state index is 12.2. The van der Waals surface area contributed by atoms with E-state index >= 15 is 0 Å². The van der Waals surface area contributed by atoms with Crippen molar-refractivity contribution in [3.63, 3.8) is 0 Å². The number of aromatic nitrogens is 3. The standard InChI is InChI=1S/C12H16N4O/c1-15-11-7-14-5-3-10(11)16(12(15)17)8-9-2-4-13-6-9/h3,5,7,9,13H,2,4,6,8H2,1H3. The third-order valence-electron chi connectivity index (χ3n) is 3.55. The molecule has 0 bridgehead atoms. The van der Waals surface area contributed by atoms with Crippen LogP contribution in [0.1, 0.15) is 6.42 Å². The van der Waals surface area contributed by atoms with Crippen LogP contribution in [0.15, 0.2) is 23.3 Å². The summed E-state index contributed by atoms with van der Waals surface area (Å²) < 4.78 is 3.54. The zero-order chi connectivity index (χ0) is 11.8. The summed E-state index contributed by atoms with van der Waals surface area (Å²) in [6, 6.07) is 1.92. The molecule has 1 aliphatic heterocycles. The van der Waals surface area contributed by atoms with Gasteiger partial charge in [-0.1, -0.05) is 0 Å². The second-order valence-corrected chi connectivity index (χ2v) is 4.68. The molecular weight excluding hydrogens is 216 g/mol. The highest BCUT2D eigenvalue weighted by atomic mass is 16.1. The van der Waals surface area contributed by atoms with Crippen molar-refractivity contribution in [1.82, 2.24) is 19.4 Å². The van der Waals surface area contributed by atoms with Gasteiger partial charge >= 0.3 is 5.69 Å². The highest BCUT2D eigenvalue weighted by molar-refractivity contribution is 5.74. The molecular formula is C12H16N4O. The summed E-state index contributed by atoms with van der Waals surface area (Å²) in [4.78, 5) is 16.2. The third kappa shape index (κ3) is 1.67. The van der Waals surface area contributed by atoms with Crippen molar-refractivity contribution in [1.29, 1.82) is 0 Å². The number of fused-ring (bicyclic) bond motifs is 1. The third-order valence-corrected chi connectivity index (χ3v) is 3.55. The molecule has 1 aliphatic rings. The Balaban J connectivity index is 2.08. The summed E-state index contributed by atoms with van der Waals surface area (Å²) in [6.45, 7) is 2.87. The van der Waals surface area contributed by atoms with Crippen LogP contribution in [0.5, 0.6) is 0 Å². The summed E-state index contributed by atoms with van der Waals surface area (Å²) in [5.41, 5.74) is 1.95. The Bertz CT molecular complexity index is 592. The van der Waals surface area contributed by atoms with E-state index in [1.807, 2.05) is 10.6 Å². The van der Waals surface area contributed by atoms with Gasteiger partial charge in [0.25, 0.3) is 0 Å². The van der Waals surface area contributed by atoms with Crippen LogP contribution in [0.25, 0.3) is 11.0 Å². The van der Waals surface area contributed by atoms with Gasteiger partial charge in [-0.2, -0.15) is 0 Å². The van der Waals surface area contributed by atoms with Crippen molar-refractivity contribution in [2.75, 3.05) is 13.1 Å². The van der Waals surface area contributed by atoms with Crippen LogP contribution >= 0.6 is 0 Å². The zero-order valence-electron chi connectivity index (χ0n) is 9.89. The molecule has 1 fully saturated rings. The minimum Gasteiger partial charge on any atom is -0.316 e. The minimum absolute atomic E-state index is 0.0555. The van der Waals surface area contributed by atoms with Crippen molar-refractivity contribution in [3.05, 3.63) is 28.9 Å². The lowest BCUT2D eigenvalue weighted by atomic mass is 10.1. The number of hydrogen-bond acceptors (Lipinski definition) is 3. The number of nitrogens with one attached hydrogen (secondary N) is 1. The Kier molecular flexibility index (Phi) is 2.48. The van der Waals surface area contributed by atoms with Gasteiger partial charge in [0.15, 0.2) is 0 Å². The molecule has 5 nitrogen and oxygen atoms in total. The highest BCUT2D eigenvalue weighted by Gasteiger charge is 2.18. The Morgan fingerprint density at radius 1 is 1.53 bits per heavy atom. The van der Waals surface area contributed by atoms with E-state index in [1.54, 1.807) is 24.0 Å². The normalized spacial score (nSPS) is 20.2. The molecule has 17 heavy (non-hydrogen) atoms. The molecule has 0 amide bonds. The number of nitrogens with zero attached hydrogens (tertiary/aromatic N) is 3. The Labute approximate surface area is 99.1 Å². The molecule has 3 rings (SSSR count). The number of imidazole rings is 1. The van der Waals surface area contributed by atoms with Crippen molar-refractivity contribution >= 4 is 11.0 Å². The SMILES string of the molecule is Cn1c(=O)n(CC2CCNC2)c2ccncc21. The van der Waals surface area contributed by atoms with E-state index < -0.39 is 0 Å². The van der Waals surface area contributed by atoms with Crippen molar-refractivity contribution in [2.45, 2.75) is 13.0 Å². The summed E-state index contributed by atoms with van der Waals surface area (Å²) >= 11 is 0. The van der Waals surface area contributed by atoms with Gasteiger partial charge in [0.1, 0.15) is 0 Å². The molecule has 1 saturated heterocycles. The maximum atomic E-state index is 12.2. The van der Waals surface area contributed by atoms with Gasteiger partial charge in [0, 0.05) is 19.8 Å². The molecule has 2 aromatic heterocycles. The Hall–Kier alpha value is -1.62. The van der Waals surface area contributed by atoms with Gasteiger partial charge < -0.3 is 5.32 Å². The van der Waals surface area contributed by atoms with E-state index in [1.165, 1.54) is 0 Å². The lowest BCUT2D eigenvalue weighted by molar-refractivity contribution is 0.477. The van der Waals surface area contributed by atoms with Crippen LogP contribution in [0.4, 0.5) is 0 Å². The van der Waals surface area contributed by atoms with Gasteiger partial charge in [0.05, 0.1) is 17.2 Å². The molecule has 2 aromatic rings. The summed E-state index contributed by atoms with van der Waals surface area (Å²) in [5.74, 6) is 0.562. The van der Waals surface area contributed by atoms with Crippen LogP contribution in [0, 0.1) is 5.92 Å². The molecule has 90 valence electrons. The average molecular weight is 232 g/mol. The topological polar surface area (TPSA) is 51.9 Å². The fraction of sp³-hybridized carbons (Fsp3) is 0.500. The van der Waals surface area contributed by atoms with Crippen LogP contribution < -0.4 is 11.0 Å². The smallest absolute Gasteiger partial charge is 0.316 e. The second kappa shape index (κ2) is 4.00. The first kappa shape index (κ1) is 10.5. The first-order valence-electron chi connectivity index (χ1n) is 5.97. The second-order valence-electron chi connectivity index (χ2n) is 4.68. The van der Waals surface area contributed by atoms with Gasteiger partial charge in [0.2, 0.25) is 0 Å². The maximum Gasteiger partial charge on any atom is 0.328 e. The molecule has 0 aromatic carbocycles. The highest BCUT2D eigenvalue weighted by Crippen LogP contribution is 2.15. The van der Waals surface area contributed by atoms with Crippen molar-refractivity contribution < 1.29 is 0 Å². The largest absolute Gasteiger partial charge is 0.328 e. The minimum atomic E-state index is 0.0555. The lowest BCUT2D eigenvalue weighted by Gasteiger charge is -2.08. The Morgan fingerprint density at radius 3 is 3.18 bits per heavy atom. The van der Waals surface area contributed by atoms with Gasteiger partial charge in [-0.15, -0.1) is 0 Å². The predicted octanol–water partition coefficient (Wildman–Crippen LogP) is 0.345. The van der Waals surface area contributed by atoms with Crippen LogP contribution in [0.2, 0.25) is 0 Å². The van der Waals surface area contributed by atoms with Crippen LogP contribution in [-0.2, 0) is 13.6 Å². The summed E-state index contributed by atoms with van der Waals surface area (Å²) in [6.07, 6.45) is 4.64.